The molecule has 7 heteroatoms. The lowest BCUT2D eigenvalue weighted by Crippen LogP contribution is -2.34. The first kappa shape index (κ1) is 16.6. The Balaban J connectivity index is 3.38. The molecule has 2 N–H and O–H groups in total. The third kappa shape index (κ3) is 9.34. The Morgan fingerprint density at radius 2 is 1.71 bits per heavy atom. The van der Waals surface area contributed by atoms with Crippen LogP contribution in [0.15, 0.2) is 0 Å². The smallest absolute Gasteiger partial charge is 0.385 e. The fraction of sp³-hybridized carbons (Fsp3) is 1.00. The molecule has 0 aromatic carbocycles. The van der Waals surface area contributed by atoms with E-state index in [1.165, 1.54) is 0 Å². The van der Waals surface area contributed by atoms with Crippen LogP contribution >= 0.6 is 0 Å². The van der Waals surface area contributed by atoms with E-state index >= 15 is 0 Å². The minimum Gasteiger partial charge on any atom is -0.385 e. The highest BCUT2D eigenvalue weighted by Crippen LogP contribution is 2.25. The third-order valence-corrected chi connectivity index (χ3v) is 2.08. The van der Waals surface area contributed by atoms with Gasteiger partial charge in [-0.2, -0.15) is 13.2 Å². The molecular weight excluding hydrogens is 239 g/mol. The molecule has 0 spiro atoms. The molecular formula is C10H20F3NO3. The fourth-order valence-electron chi connectivity index (χ4n) is 1.05. The number of hydrogen-bond acceptors (Lipinski definition) is 4. The topological polar surface area (TPSA) is 53.7 Å². The predicted octanol–water partition coefficient (Wildman–Crippen LogP) is 1.19. The van der Waals surface area contributed by atoms with E-state index in [0.717, 1.165) is 6.42 Å². The Bertz CT molecular complexity index is 179. The van der Waals surface area contributed by atoms with E-state index in [0.29, 0.717) is 13.2 Å². The highest BCUT2D eigenvalue weighted by atomic mass is 19.4. The molecule has 0 aliphatic rings. The first-order valence-corrected chi connectivity index (χ1v) is 5.43. The van der Waals surface area contributed by atoms with Gasteiger partial charge in [0.25, 0.3) is 0 Å². The standard InChI is InChI=1S/C10H20F3NO3/c1-15-3-2-4-16-5-6-17-8-9(7-14)10(11,12)13/h9H,2-8,14H2,1H3. The zero-order chi connectivity index (χ0) is 13.1. The monoisotopic (exact) mass is 259 g/mol. The van der Waals surface area contributed by atoms with Crippen molar-refractivity contribution in [2.45, 2.75) is 12.6 Å². The van der Waals surface area contributed by atoms with Crippen LogP contribution in [0.2, 0.25) is 0 Å². The van der Waals surface area contributed by atoms with E-state index < -0.39 is 25.2 Å². The molecule has 0 aromatic rings. The second-order valence-corrected chi connectivity index (χ2v) is 3.51. The lowest BCUT2D eigenvalue weighted by Gasteiger charge is -2.18. The van der Waals surface area contributed by atoms with E-state index in [4.69, 9.17) is 19.9 Å². The molecule has 0 aromatic heterocycles. The first-order valence-electron chi connectivity index (χ1n) is 5.43. The Morgan fingerprint density at radius 3 is 2.24 bits per heavy atom. The number of ether oxygens (including phenoxy) is 3. The summed E-state index contributed by atoms with van der Waals surface area (Å²) in [7, 11) is 1.59. The van der Waals surface area contributed by atoms with Gasteiger partial charge in [-0.3, -0.25) is 0 Å². The lowest BCUT2D eigenvalue weighted by atomic mass is 10.1. The van der Waals surface area contributed by atoms with Crippen LogP contribution in [-0.4, -0.2) is 52.9 Å². The number of hydrogen-bond donors (Lipinski definition) is 1. The molecule has 1 unspecified atom stereocenters. The van der Waals surface area contributed by atoms with E-state index in [-0.39, 0.29) is 13.2 Å². The number of halogens is 3. The van der Waals surface area contributed by atoms with Crippen molar-refractivity contribution in [3.63, 3.8) is 0 Å². The highest BCUT2D eigenvalue weighted by Gasteiger charge is 2.38. The van der Waals surface area contributed by atoms with Gasteiger partial charge in [0.2, 0.25) is 0 Å². The Morgan fingerprint density at radius 1 is 1.06 bits per heavy atom. The van der Waals surface area contributed by atoms with Crippen LogP contribution in [0.1, 0.15) is 6.42 Å². The maximum atomic E-state index is 12.2. The van der Waals surface area contributed by atoms with Crippen molar-refractivity contribution in [3.05, 3.63) is 0 Å². The lowest BCUT2D eigenvalue weighted by molar-refractivity contribution is -0.186. The van der Waals surface area contributed by atoms with Gasteiger partial charge in [-0.25, -0.2) is 0 Å². The number of nitrogens with two attached hydrogens (primary N) is 1. The van der Waals surface area contributed by atoms with Crippen LogP contribution in [0.5, 0.6) is 0 Å². The van der Waals surface area contributed by atoms with Gasteiger partial charge in [0.1, 0.15) is 0 Å². The average Bonchev–Trinajstić information content (AvgIpc) is 2.25. The summed E-state index contributed by atoms with van der Waals surface area (Å²) in [5.41, 5.74) is 5.01. The van der Waals surface area contributed by atoms with Gasteiger partial charge in [0.05, 0.1) is 25.7 Å². The van der Waals surface area contributed by atoms with Crippen LogP contribution in [0, 0.1) is 5.92 Å². The molecule has 1 atom stereocenters. The molecule has 0 saturated carbocycles. The molecule has 0 rings (SSSR count). The summed E-state index contributed by atoms with van der Waals surface area (Å²) in [5.74, 6) is -1.60. The second-order valence-electron chi connectivity index (χ2n) is 3.51. The van der Waals surface area contributed by atoms with Gasteiger partial charge in [-0.15, -0.1) is 0 Å². The van der Waals surface area contributed by atoms with Crippen molar-refractivity contribution in [2.75, 3.05) is 46.7 Å². The molecule has 0 radical (unpaired) electrons. The summed E-state index contributed by atoms with van der Waals surface area (Å²) >= 11 is 0. The van der Waals surface area contributed by atoms with Gasteiger partial charge in [0, 0.05) is 26.9 Å². The second kappa shape index (κ2) is 9.64. The Kier molecular flexibility index (Phi) is 9.43. The molecule has 0 bridgehead atoms. The SMILES string of the molecule is COCCCOCCOCC(CN)C(F)(F)F. The fourth-order valence-corrected chi connectivity index (χ4v) is 1.05. The summed E-state index contributed by atoms with van der Waals surface area (Å²) < 4.78 is 51.5. The largest absolute Gasteiger partial charge is 0.395 e. The van der Waals surface area contributed by atoms with Gasteiger partial charge in [0.15, 0.2) is 0 Å². The highest BCUT2D eigenvalue weighted by molar-refractivity contribution is 4.67. The van der Waals surface area contributed by atoms with Crippen LogP contribution in [0.3, 0.4) is 0 Å². The molecule has 0 heterocycles. The summed E-state index contributed by atoms with van der Waals surface area (Å²) in [6, 6.07) is 0. The number of methoxy groups -OCH3 is 1. The van der Waals surface area contributed by atoms with Crippen molar-refractivity contribution in [2.24, 2.45) is 11.7 Å². The maximum absolute atomic E-state index is 12.2. The minimum atomic E-state index is -4.30. The van der Waals surface area contributed by atoms with E-state index in [1.807, 2.05) is 0 Å². The molecule has 0 aliphatic carbocycles. The number of rotatable bonds is 10. The van der Waals surface area contributed by atoms with Gasteiger partial charge >= 0.3 is 6.18 Å². The van der Waals surface area contributed by atoms with Crippen molar-refractivity contribution in [1.29, 1.82) is 0 Å². The minimum absolute atomic E-state index is 0.138. The Hall–Kier alpha value is -0.370. The average molecular weight is 259 g/mol. The van der Waals surface area contributed by atoms with E-state index in [2.05, 4.69) is 0 Å². The summed E-state index contributed by atoms with van der Waals surface area (Å²) in [4.78, 5) is 0. The van der Waals surface area contributed by atoms with Crippen molar-refractivity contribution >= 4 is 0 Å². The van der Waals surface area contributed by atoms with Crippen molar-refractivity contribution < 1.29 is 27.4 Å². The van der Waals surface area contributed by atoms with Crippen molar-refractivity contribution in [1.82, 2.24) is 0 Å². The third-order valence-electron chi connectivity index (χ3n) is 2.08. The van der Waals surface area contributed by atoms with Crippen LogP contribution in [0.4, 0.5) is 13.2 Å². The summed E-state index contributed by atoms with van der Waals surface area (Å²) in [6.07, 6.45) is -3.54. The first-order chi connectivity index (χ1) is 8.02. The molecule has 104 valence electrons. The van der Waals surface area contributed by atoms with Crippen LogP contribution in [-0.2, 0) is 14.2 Å². The summed E-state index contributed by atoms with van der Waals surface area (Å²) in [5, 5.41) is 0. The molecule has 0 aliphatic heterocycles. The van der Waals surface area contributed by atoms with E-state index in [1.54, 1.807) is 7.11 Å². The molecule has 17 heavy (non-hydrogen) atoms. The normalized spacial score (nSPS) is 13.9. The van der Waals surface area contributed by atoms with Gasteiger partial charge in [-0.05, 0) is 6.42 Å². The van der Waals surface area contributed by atoms with Gasteiger partial charge in [-0.1, -0.05) is 0 Å². The predicted molar refractivity (Wildman–Crippen MR) is 56.7 cm³/mol. The van der Waals surface area contributed by atoms with Gasteiger partial charge < -0.3 is 19.9 Å². The summed E-state index contributed by atoms with van der Waals surface area (Å²) in [6.45, 7) is 0.652. The molecule has 4 nitrogen and oxygen atoms in total. The van der Waals surface area contributed by atoms with Crippen LogP contribution < -0.4 is 5.73 Å². The van der Waals surface area contributed by atoms with Crippen molar-refractivity contribution in [3.8, 4) is 0 Å². The Labute approximate surface area is 99.2 Å². The zero-order valence-corrected chi connectivity index (χ0v) is 9.96. The maximum Gasteiger partial charge on any atom is 0.395 e. The molecule has 0 saturated heterocycles. The van der Waals surface area contributed by atoms with E-state index in [9.17, 15) is 13.2 Å². The van der Waals surface area contributed by atoms with Crippen LogP contribution in [0.25, 0.3) is 0 Å². The molecule has 0 amide bonds. The zero-order valence-electron chi connectivity index (χ0n) is 9.96. The molecule has 0 fully saturated rings. The quantitative estimate of drug-likeness (QED) is 0.599. The number of alkyl halides is 3.